The average Bonchev–Trinajstić information content (AvgIpc) is 2.36. The normalized spacial score (nSPS) is 13.2. The number of aliphatic carboxylic acids is 1. The predicted octanol–water partition coefficient (Wildman–Crippen LogP) is 3.20. The van der Waals surface area contributed by atoms with Crippen LogP contribution in [0.25, 0.3) is 0 Å². The SMILES string of the molecule is CC(C)NC(CCOc1ccccc1C(C)(C)C)C(=O)O. The zero-order chi connectivity index (χ0) is 16.0. The highest BCUT2D eigenvalue weighted by molar-refractivity contribution is 5.73. The second-order valence-electron chi connectivity index (χ2n) is 6.60. The zero-order valence-electron chi connectivity index (χ0n) is 13.6. The van der Waals surface area contributed by atoms with Gasteiger partial charge in [-0.3, -0.25) is 4.79 Å². The fourth-order valence-corrected chi connectivity index (χ4v) is 2.18. The molecule has 118 valence electrons. The molecular formula is C17H27NO3. The molecule has 0 spiro atoms. The molecule has 0 amide bonds. The van der Waals surface area contributed by atoms with Gasteiger partial charge in [-0.25, -0.2) is 0 Å². The van der Waals surface area contributed by atoms with Gasteiger partial charge in [-0.05, 0) is 17.0 Å². The quantitative estimate of drug-likeness (QED) is 0.810. The van der Waals surface area contributed by atoms with Crippen LogP contribution < -0.4 is 10.1 Å². The summed E-state index contributed by atoms with van der Waals surface area (Å²) in [4.78, 5) is 11.2. The van der Waals surface area contributed by atoms with Crippen LogP contribution in [0.15, 0.2) is 24.3 Å². The molecule has 1 atom stereocenters. The van der Waals surface area contributed by atoms with Crippen molar-refractivity contribution in [3.63, 3.8) is 0 Å². The van der Waals surface area contributed by atoms with Crippen LogP contribution in [0.2, 0.25) is 0 Å². The molecule has 0 heterocycles. The Labute approximate surface area is 127 Å². The summed E-state index contributed by atoms with van der Waals surface area (Å²) in [5.41, 5.74) is 1.13. The van der Waals surface area contributed by atoms with Gasteiger partial charge >= 0.3 is 5.97 Å². The van der Waals surface area contributed by atoms with Gasteiger partial charge in [0.2, 0.25) is 0 Å². The topological polar surface area (TPSA) is 58.6 Å². The maximum absolute atomic E-state index is 11.2. The summed E-state index contributed by atoms with van der Waals surface area (Å²) in [7, 11) is 0. The van der Waals surface area contributed by atoms with Crippen LogP contribution in [0.3, 0.4) is 0 Å². The van der Waals surface area contributed by atoms with E-state index in [2.05, 4.69) is 32.2 Å². The molecule has 4 nitrogen and oxygen atoms in total. The van der Waals surface area contributed by atoms with Crippen molar-refractivity contribution in [3.05, 3.63) is 29.8 Å². The fourth-order valence-electron chi connectivity index (χ4n) is 2.18. The van der Waals surface area contributed by atoms with Crippen LogP contribution in [-0.2, 0) is 10.2 Å². The van der Waals surface area contributed by atoms with E-state index in [4.69, 9.17) is 4.74 Å². The van der Waals surface area contributed by atoms with Crippen LogP contribution in [0.4, 0.5) is 0 Å². The highest BCUT2D eigenvalue weighted by atomic mass is 16.5. The molecule has 1 rings (SSSR count). The predicted molar refractivity (Wildman–Crippen MR) is 84.9 cm³/mol. The Kier molecular flexibility index (Phi) is 6.21. The van der Waals surface area contributed by atoms with E-state index < -0.39 is 12.0 Å². The molecule has 0 aliphatic rings. The van der Waals surface area contributed by atoms with Crippen LogP contribution in [-0.4, -0.2) is 29.8 Å². The number of carbonyl (C=O) groups is 1. The second-order valence-corrected chi connectivity index (χ2v) is 6.60. The molecule has 0 bridgehead atoms. The number of ether oxygens (including phenoxy) is 1. The summed E-state index contributed by atoms with van der Waals surface area (Å²) in [6, 6.07) is 7.47. The Morgan fingerprint density at radius 2 is 1.90 bits per heavy atom. The first-order chi connectivity index (χ1) is 9.71. The average molecular weight is 293 g/mol. The monoisotopic (exact) mass is 293 g/mol. The third-order valence-corrected chi connectivity index (χ3v) is 3.19. The maximum Gasteiger partial charge on any atom is 0.320 e. The highest BCUT2D eigenvalue weighted by Crippen LogP contribution is 2.30. The molecule has 0 aliphatic carbocycles. The molecular weight excluding hydrogens is 266 g/mol. The van der Waals surface area contributed by atoms with Gasteiger partial charge in [-0.1, -0.05) is 52.8 Å². The number of para-hydroxylation sites is 1. The standard InChI is InChI=1S/C17H27NO3/c1-12(2)18-14(16(19)20)10-11-21-15-9-7-6-8-13(15)17(3,4)5/h6-9,12,14,18H,10-11H2,1-5H3,(H,19,20). The van der Waals surface area contributed by atoms with E-state index in [1.165, 1.54) is 0 Å². The van der Waals surface area contributed by atoms with Gasteiger partial charge in [-0.15, -0.1) is 0 Å². The molecule has 0 aromatic heterocycles. The summed E-state index contributed by atoms with van der Waals surface area (Å²) < 4.78 is 5.82. The van der Waals surface area contributed by atoms with Gasteiger partial charge < -0.3 is 15.2 Å². The molecule has 1 aromatic rings. The smallest absolute Gasteiger partial charge is 0.320 e. The Morgan fingerprint density at radius 1 is 1.29 bits per heavy atom. The third kappa shape index (κ3) is 5.76. The minimum absolute atomic E-state index is 0.00102. The van der Waals surface area contributed by atoms with Gasteiger partial charge in [-0.2, -0.15) is 0 Å². The van der Waals surface area contributed by atoms with Crippen molar-refractivity contribution >= 4 is 5.97 Å². The van der Waals surface area contributed by atoms with Crippen LogP contribution >= 0.6 is 0 Å². The fraction of sp³-hybridized carbons (Fsp3) is 0.588. The van der Waals surface area contributed by atoms with E-state index in [0.29, 0.717) is 13.0 Å². The number of nitrogens with one attached hydrogen (secondary N) is 1. The number of carboxylic acids is 1. The number of rotatable bonds is 7. The first-order valence-corrected chi connectivity index (χ1v) is 7.43. The van der Waals surface area contributed by atoms with Gasteiger partial charge in [0.1, 0.15) is 11.8 Å². The summed E-state index contributed by atoms with van der Waals surface area (Å²) in [6.45, 7) is 10.7. The summed E-state index contributed by atoms with van der Waals surface area (Å²) in [5.74, 6) is -0.00454. The first-order valence-electron chi connectivity index (χ1n) is 7.43. The van der Waals surface area contributed by atoms with Crippen molar-refractivity contribution in [2.45, 2.75) is 58.5 Å². The van der Waals surface area contributed by atoms with E-state index in [-0.39, 0.29) is 11.5 Å². The van der Waals surface area contributed by atoms with E-state index in [1.807, 2.05) is 32.0 Å². The van der Waals surface area contributed by atoms with Crippen molar-refractivity contribution in [3.8, 4) is 5.75 Å². The molecule has 0 radical (unpaired) electrons. The number of carboxylic acid groups (broad SMARTS) is 1. The lowest BCUT2D eigenvalue weighted by Gasteiger charge is -2.23. The lowest BCUT2D eigenvalue weighted by molar-refractivity contribution is -0.140. The van der Waals surface area contributed by atoms with Gasteiger partial charge in [0.15, 0.2) is 0 Å². The van der Waals surface area contributed by atoms with E-state index in [0.717, 1.165) is 11.3 Å². The molecule has 2 N–H and O–H groups in total. The van der Waals surface area contributed by atoms with Crippen molar-refractivity contribution in [1.29, 1.82) is 0 Å². The van der Waals surface area contributed by atoms with E-state index >= 15 is 0 Å². The first kappa shape index (κ1) is 17.5. The Hall–Kier alpha value is -1.55. The minimum atomic E-state index is -0.837. The summed E-state index contributed by atoms with van der Waals surface area (Å²) in [6.07, 6.45) is 0.436. The van der Waals surface area contributed by atoms with Gasteiger partial charge in [0.25, 0.3) is 0 Å². The molecule has 1 aromatic carbocycles. The molecule has 0 fully saturated rings. The van der Waals surface area contributed by atoms with Crippen molar-refractivity contribution in [1.82, 2.24) is 5.32 Å². The van der Waals surface area contributed by atoms with Crippen molar-refractivity contribution in [2.24, 2.45) is 0 Å². The molecule has 0 saturated heterocycles. The minimum Gasteiger partial charge on any atom is -0.493 e. The lowest BCUT2D eigenvalue weighted by Crippen LogP contribution is -2.41. The van der Waals surface area contributed by atoms with Crippen LogP contribution in [0, 0.1) is 0 Å². The Morgan fingerprint density at radius 3 is 2.43 bits per heavy atom. The molecule has 21 heavy (non-hydrogen) atoms. The lowest BCUT2D eigenvalue weighted by atomic mass is 9.86. The van der Waals surface area contributed by atoms with Gasteiger partial charge in [0, 0.05) is 12.5 Å². The Balaban J connectivity index is 2.65. The molecule has 0 aliphatic heterocycles. The summed E-state index contributed by atoms with van der Waals surface area (Å²) in [5, 5.41) is 12.2. The maximum atomic E-state index is 11.2. The molecule has 0 saturated carbocycles. The second kappa shape index (κ2) is 7.46. The third-order valence-electron chi connectivity index (χ3n) is 3.19. The van der Waals surface area contributed by atoms with E-state index in [9.17, 15) is 9.90 Å². The summed E-state index contributed by atoms with van der Waals surface area (Å²) >= 11 is 0. The number of hydrogen-bond acceptors (Lipinski definition) is 3. The van der Waals surface area contributed by atoms with Gasteiger partial charge in [0.05, 0.1) is 6.61 Å². The molecule has 1 unspecified atom stereocenters. The van der Waals surface area contributed by atoms with Crippen molar-refractivity contribution < 1.29 is 14.6 Å². The highest BCUT2D eigenvalue weighted by Gasteiger charge is 2.20. The zero-order valence-corrected chi connectivity index (χ0v) is 13.6. The number of hydrogen-bond donors (Lipinski definition) is 2. The van der Waals surface area contributed by atoms with Crippen LogP contribution in [0.5, 0.6) is 5.75 Å². The number of benzene rings is 1. The molecule has 4 heteroatoms. The van der Waals surface area contributed by atoms with E-state index in [1.54, 1.807) is 0 Å². The Bertz CT molecular complexity index is 463. The largest absolute Gasteiger partial charge is 0.493 e. The van der Waals surface area contributed by atoms with Crippen LogP contribution in [0.1, 0.15) is 46.6 Å². The van der Waals surface area contributed by atoms with Crippen molar-refractivity contribution in [2.75, 3.05) is 6.61 Å².